The molecule has 69 heavy (non-hydrogen) atoms. The van der Waals surface area contributed by atoms with Gasteiger partial charge in [-0.25, -0.2) is 9.59 Å². The lowest BCUT2D eigenvalue weighted by Gasteiger charge is -2.50. The van der Waals surface area contributed by atoms with Crippen LogP contribution in [0.2, 0.25) is 0 Å². The number of amides is 6. The third-order valence-electron chi connectivity index (χ3n) is 13.0. The van der Waals surface area contributed by atoms with Gasteiger partial charge in [-0.15, -0.1) is 10.3 Å². The summed E-state index contributed by atoms with van der Waals surface area (Å²) in [6, 6.07) is 15.6. The Kier molecular flexibility index (Phi) is 19.2. The van der Waals surface area contributed by atoms with E-state index in [1.165, 1.54) is 0 Å². The van der Waals surface area contributed by atoms with Crippen molar-refractivity contribution in [1.82, 2.24) is 36.1 Å². The smallest absolute Gasteiger partial charge is 0.408 e. The Balaban J connectivity index is 1.29. The first kappa shape index (κ1) is 54.5. The van der Waals surface area contributed by atoms with Crippen molar-refractivity contribution in [3.8, 4) is 0 Å². The van der Waals surface area contributed by atoms with Gasteiger partial charge in [-0.05, 0) is 130 Å². The van der Waals surface area contributed by atoms with Gasteiger partial charge < -0.3 is 40.5 Å². The van der Waals surface area contributed by atoms with Crippen molar-refractivity contribution in [3.05, 3.63) is 83.9 Å². The van der Waals surface area contributed by atoms with Gasteiger partial charge in [0.05, 0.1) is 12.0 Å². The first-order valence-electron chi connectivity index (χ1n) is 24.9. The molecule has 6 amide bonds. The van der Waals surface area contributed by atoms with Crippen molar-refractivity contribution >= 4 is 35.8 Å². The summed E-state index contributed by atoms with van der Waals surface area (Å²) in [5.41, 5.74) is -0.378. The van der Waals surface area contributed by atoms with Gasteiger partial charge >= 0.3 is 12.2 Å². The fraction of sp³-hybridized carbons (Fsp3) is 0.623. The van der Waals surface area contributed by atoms with Gasteiger partial charge in [-0.2, -0.15) is 0 Å². The van der Waals surface area contributed by atoms with E-state index in [4.69, 9.17) is 9.47 Å². The van der Waals surface area contributed by atoms with Crippen molar-refractivity contribution in [2.45, 2.75) is 180 Å². The third-order valence-corrected chi connectivity index (χ3v) is 13.0. The second kappa shape index (κ2) is 24.4. The average molecular weight is 957 g/mol. The van der Waals surface area contributed by atoms with Gasteiger partial charge in [0, 0.05) is 36.8 Å². The molecule has 5 rings (SSSR count). The topological polar surface area (TPSA) is 199 Å². The number of hydroxylamine groups is 2. The van der Waals surface area contributed by atoms with Crippen molar-refractivity contribution in [2.75, 3.05) is 19.6 Å². The van der Waals surface area contributed by atoms with Gasteiger partial charge in [-0.1, -0.05) is 86.7 Å². The van der Waals surface area contributed by atoms with Gasteiger partial charge in [0.2, 0.25) is 23.6 Å². The van der Waals surface area contributed by atoms with Crippen LogP contribution in [0.15, 0.2) is 72.8 Å². The number of hydrogen-bond acceptors (Lipinski definition) is 9. The van der Waals surface area contributed by atoms with Crippen LogP contribution in [0.3, 0.4) is 0 Å². The minimum absolute atomic E-state index is 0.102. The molecule has 5 atom stereocenters. The normalized spacial score (nSPS) is 20.8. The molecule has 0 spiro atoms. The molecule has 4 N–H and O–H groups in total. The summed E-state index contributed by atoms with van der Waals surface area (Å²) < 4.78 is 10.9. The van der Waals surface area contributed by atoms with Gasteiger partial charge in [0.25, 0.3) is 0 Å². The van der Waals surface area contributed by atoms with Crippen LogP contribution in [0.5, 0.6) is 0 Å². The lowest BCUT2D eigenvalue weighted by molar-refractivity contribution is -0.290. The van der Waals surface area contributed by atoms with Crippen LogP contribution in [-0.4, -0.2) is 117 Å². The van der Waals surface area contributed by atoms with Crippen molar-refractivity contribution in [1.29, 1.82) is 0 Å². The van der Waals surface area contributed by atoms with Crippen LogP contribution in [0.1, 0.15) is 131 Å². The molecule has 379 valence electrons. The van der Waals surface area contributed by atoms with Crippen LogP contribution in [0.25, 0.3) is 0 Å². The summed E-state index contributed by atoms with van der Waals surface area (Å²) >= 11 is 0. The number of alkyl carbamates (subject to hydrolysis) is 2. The SMILES string of the molecule is CC(C)C[C@@H](/C=C/[C@H](Cc1ccccc1)C(=O)N1CCC[C@H]1C(=O)N1CCC[C@H]1C(=O)N[C@@H](CCCNC(=O)OCc1ccccc1)C(=O)NC1CC(C)(C)N([O])C(C)(C)C1)NC(=O)OC(C)(C)C. The predicted octanol–water partition coefficient (Wildman–Crippen LogP) is 7.00. The Hall–Kier alpha value is -5.48. The molecule has 3 aliphatic rings. The number of carbonyl (C=O) groups excluding carboxylic acids is 6. The summed E-state index contributed by atoms with van der Waals surface area (Å²) in [6.45, 7) is 17.9. The molecule has 16 heteroatoms. The van der Waals surface area contributed by atoms with Crippen molar-refractivity contribution in [2.24, 2.45) is 11.8 Å². The summed E-state index contributed by atoms with van der Waals surface area (Å²) in [7, 11) is 0. The molecule has 0 aliphatic carbocycles. The number of nitrogens with zero attached hydrogens (tertiary/aromatic N) is 3. The highest BCUT2D eigenvalue weighted by Gasteiger charge is 2.47. The number of ether oxygens (including phenoxy) is 2. The van der Waals surface area contributed by atoms with Gasteiger partial charge in [0.1, 0.15) is 30.3 Å². The Morgan fingerprint density at radius 2 is 1.38 bits per heavy atom. The average Bonchev–Trinajstić information content (AvgIpc) is 3.98. The van der Waals surface area contributed by atoms with Crippen molar-refractivity contribution < 1.29 is 43.4 Å². The number of rotatable bonds is 19. The number of benzene rings is 2. The molecular weight excluding hydrogens is 879 g/mol. The molecule has 3 fully saturated rings. The Labute approximate surface area is 409 Å². The van der Waals surface area contributed by atoms with Crippen LogP contribution < -0.4 is 21.3 Å². The standard InChI is InChI=1S/C53H78N7O9/c1-36(2)31-40(56-50(66)69-51(3,4)5)27-26-39(32-37-19-12-10-13-20-37)47(63)59-30-18-25-44(59)48(64)58-29-17-24-43(58)46(62)57-42(23-16-28-54-49(65)68-35-38-21-14-11-15-22-38)45(61)55-41-33-52(6,7)60(67)53(8,9)34-41/h10-15,19-22,26-27,36,39-44H,16-18,23-25,28-35H2,1-9H3,(H,54,65)(H,55,61)(H,56,66)(H,57,62)/b27-26+/t39-,40-,42+,43+,44+/m1/s1. The predicted molar refractivity (Wildman–Crippen MR) is 263 cm³/mol. The molecule has 2 aromatic carbocycles. The zero-order chi connectivity index (χ0) is 50.5. The minimum Gasteiger partial charge on any atom is -0.445 e. The molecule has 16 nitrogen and oxygen atoms in total. The van der Waals surface area contributed by atoms with E-state index in [9.17, 15) is 34.0 Å². The molecule has 0 aromatic heterocycles. The van der Waals surface area contributed by atoms with Crippen LogP contribution in [0, 0.1) is 11.8 Å². The quantitative estimate of drug-likeness (QED) is 0.0847. The maximum absolute atomic E-state index is 14.7. The van der Waals surface area contributed by atoms with Gasteiger partial charge in [-0.3, -0.25) is 19.2 Å². The zero-order valence-electron chi connectivity index (χ0n) is 42.4. The molecule has 0 unspecified atom stereocenters. The fourth-order valence-corrected chi connectivity index (χ4v) is 10.00. The number of hydrogen-bond donors (Lipinski definition) is 4. The Bertz CT molecular complexity index is 2060. The largest absolute Gasteiger partial charge is 0.445 e. The summed E-state index contributed by atoms with van der Waals surface area (Å²) in [5, 5.41) is 26.0. The maximum atomic E-state index is 14.7. The van der Waals surface area contributed by atoms with E-state index in [0.29, 0.717) is 70.9 Å². The van der Waals surface area contributed by atoms with E-state index in [1.807, 2.05) is 101 Å². The van der Waals surface area contributed by atoms with Crippen molar-refractivity contribution in [3.63, 3.8) is 0 Å². The van der Waals surface area contributed by atoms with E-state index >= 15 is 0 Å². The molecule has 2 aromatic rings. The van der Waals surface area contributed by atoms with E-state index in [2.05, 4.69) is 35.1 Å². The Morgan fingerprint density at radius 1 is 0.783 bits per heavy atom. The molecule has 0 bridgehead atoms. The summed E-state index contributed by atoms with van der Waals surface area (Å²) in [6.07, 6.45) is 6.86. The third kappa shape index (κ3) is 16.3. The number of nitrogens with one attached hydrogen (secondary N) is 4. The van der Waals surface area contributed by atoms with E-state index in [1.54, 1.807) is 30.6 Å². The highest BCUT2D eigenvalue weighted by atomic mass is 16.6. The molecule has 1 radical (unpaired) electrons. The summed E-state index contributed by atoms with van der Waals surface area (Å²) in [5.74, 6) is -1.82. The second-order valence-electron chi connectivity index (χ2n) is 21.7. The number of carbonyl (C=O) groups is 6. The molecule has 0 saturated carbocycles. The Morgan fingerprint density at radius 3 is 1.99 bits per heavy atom. The van der Waals surface area contributed by atoms with E-state index < -0.39 is 70.8 Å². The lowest BCUT2D eigenvalue weighted by atomic mass is 9.79. The van der Waals surface area contributed by atoms with E-state index in [-0.39, 0.29) is 43.3 Å². The first-order valence-corrected chi connectivity index (χ1v) is 24.9. The number of piperidine rings is 1. The highest BCUT2D eigenvalue weighted by Crippen LogP contribution is 2.37. The number of likely N-dealkylation sites (tertiary alicyclic amines) is 2. The molecule has 3 saturated heterocycles. The molecule has 3 heterocycles. The van der Waals surface area contributed by atoms with Crippen LogP contribution in [0.4, 0.5) is 9.59 Å². The fourth-order valence-electron chi connectivity index (χ4n) is 10.00. The van der Waals surface area contributed by atoms with Gasteiger partial charge in [0.15, 0.2) is 0 Å². The van der Waals surface area contributed by atoms with E-state index in [0.717, 1.165) is 16.2 Å². The van der Waals surface area contributed by atoms with Crippen LogP contribution in [-0.2, 0) is 46.9 Å². The summed E-state index contributed by atoms with van der Waals surface area (Å²) in [4.78, 5) is 86.4. The maximum Gasteiger partial charge on any atom is 0.408 e. The minimum atomic E-state index is -1.01. The molecular formula is C53H78N7O9. The highest BCUT2D eigenvalue weighted by molar-refractivity contribution is 5.95. The zero-order valence-corrected chi connectivity index (χ0v) is 42.4. The molecule has 3 aliphatic heterocycles. The monoisotopic (exact) mass is 957 g/mol. The lowest BCUT2D eigenvalue weighted by Crippen LogP contribution is -2.63. The second-order valence-corrected chi connectivity index (χ2v) is 21.7. The van der Waals surface area contributed by atoms with Crippen LogP contribution >= 0.6 is 0 Å². The first-order chi connectivity index (χ1) is 32.5.